The highest BCUT2D eigenvalue weighted by molar-refractivity contribution is 5.05. The van der Waals surface area contributed by atoms with Crippen LogP contribution in [0.25, 0.3) is 0 Å². The predicted molar refractivity (Wildman–Crippen MR) is 46.0 cm³/mol. The molecule has 0 bridgehead atoms. The van der Waals surface area contributed by atoms with Crippen LogP contribution >= 0.6 is 0 Å². The Hall–Kier alpha value is -0.520. The molecule has 0 aromatic heterocycles. The van der Waals surface area contributed by atoms with Crippen molar-refractivity contribution >= 4 is 0 Å². The summed E-state index contributed by atoms with van der Waals surface area (Å²) < 4.78 is 0. The standard InChI is InChI=1S/C10H16/c1-2-10-8-6-4-3-5-7-9-10/h3-4,9H,2,5-8H2,1H3/b4-3-,10-9+. The van der Waals surface area contributed by atoms with Crippen molar-refractivity contribution in [2.45, 2.75) is 39.0 Å². The molecule has 0 amide bonds. The van der Waals surface area contributed by atoms with Crippen molar-refractivity contribution in [3.63, 3.8) is 0 Å². The van der Waals surface area contributed by atoms with Gasteiger partial charge in [0.05, 0.1) is 0 Å². The molecule has 0 heteroatoms. The van der Waals surface area contributed by atoms with E-state index in [1.165, 1.54) is 32.1 Å². The molecule has 0 saturated carbocycles. The zero-order chi connectivity index (χ0) is 7.23. The fraction of sp³-hybridized carbons (Fsp3) is 0.600. The topological polar surface area (TPSA) is 0 Å². The molecule has 0 radical (unpaired) electrons. The van der Waals surface area contributed by atoms with E-state index in [0.717, 1.165) is 0 Å². The zero-order valence-corrected chi connectivity index (χ0v) is 6.77. The zero-order valence-electron chi connectivity index (χ0n) is 6.77. The first-order valence-corrected chi connectivity index (χ1v) is 4.26. The second kappa shape index (κ2) is 4.32. The smallest absolute Gasteiger partial charge is 0.0286 e. The molecule has 0 nitrogen and oxygen atoms in total. The molecule has 0 aromatic carbocycles. The predicted octanol–water partition coefficient (Wildman–Crippen LogP) is 3.45. The van der Waals surface area contributed by atoms with Crippen molar-refractivity contribution in [2.75, 3.05) is 0 Å². The third-order valence-corrected chi connectivity index (χ3v) is 2.02. The lowest BCUT2D eigenvalue weighted by Crippen LogP contribution is -1.83. The lowest BCUT2D eigenvalue weighted by Gasteiger charge is -2.04. The van der Waals surface area contributed by atoms with Gasteiger partial charge in [0.25, 0.3) is 0 Å². The van der Waals surface area contributed by atoms with E-state index in [9.17, 15) is 0 Å². The van der Waals surface area contributed by atoms with Crippen molar-refractivity contribution in [3.05, 3.63) is 23.8 Å². The Balaban J connectivity index is 2.41. The maximum atomic E-state index is 2.41. The van der Waals surface area contributed by atoms with E-state index in [1.54, 1.807) is 5.57 Å². The minimum atomic E-state index is 1.24. The molecular weight excluding hydrogens is 120 g/mol. The number of hydrogen-bond acceptors (Lipinski definition) is 0. The van der Waals surface area contributed by atoms with Crippen LogP contribution in [0, 0.1) is 0 Å². The number of rotatable bonds is 1. The number of hydrogen-bond donors (Lipinski definition) is 0. The third kappa shape index (κ3) is 2.38. The Morgan fingerprint density at radius 2 is 2.00 bits per heavy atom. The fourth-order valence-corrected chi connectivity index (χ4v) is 1.31. The second-order valence-corrected chi connectivity index (χ2v) is 2.80. The summed E-state index contributed by atoms with van der Waals surface area (Å²) in [5, 5.41) is 0. The normalized spacial score (nSPS) is 27.9. The average Bonchev–Trinajstić information content (AvgIpc) is 1.87. The molecular formula is C10H16. The third-order valence-electron chi connectivity index (χ3n) is 2.02. The Morgan fingerprint density at radius 1 is 1.20 bits per heavy atom. The first-order chi connectivity index (χ1) is 4.93. The van der Waals surface area contributed by atoms with E-state index in [-0.39, 0.29) is 0 Å². The molecule has 56 valence electrons. The molecule has 0 heterocycles. The van der Waals surface area contributed by atoms with Crippen LogP contribution in [0.15, 0.2) is 23.8 Å². The quantitative estimate of drug-likeness (QED) is 0.484. The summed E-state index contributed by atoms with van der Waals surface area (Å²) in [6.45, 7) is 2.25. The van der Waals surface area contributed by atoms with Crippen LogP contribution in [0.3, 0.4) is 0 Å². The van der Waals surface area contributed by atoms with E-state index < -0.39 is 0 Å². The van der Waals surface area contributed by atoms with Crippen molar-refractivity contribution in [1.29, 1.82) is 0 Å². The lowest BCUT2D eigenvalue weighted by molar-refractivity contribution is 0.863. The summed E-state index contributed by atoms with van der Waals surface area (Å²) in [5.41, 5.74) is 1.64. The molecule has 0 saturated heterocycles. The van der Waals surface area contributed by atoms with Crippen LogP contribution in [-0.4, -0.2) is 0 Å². The molecule has 1 aliphatic carbocycles. The maximum Gasteiger partial charge on any atom is -0.0286 e. The largest absolute Gasteiger partial charge is 0.0882 e. The summed E-state index contributed by atoms with van der Waals surface area (Å²) >= 11 is 0. The van der Waals surface area contributed by atoms with Gasteiger partial charge in [-0.3, -0.25) is 0 Å². The van der Waals surface area contributed by atoms with E-state index in [2.05, 4.69) is 25.2 Å². The molecule has 0 aliphatic heterocycles. The van der Waals surface area contributed by atoms with Crippen molar-refractivity contribution < 1.29 is 0 Å². The summed E-state index contributed by atoms with van der Waals surface area (Å²) in [7, 11) is 0. The van der Waals surface area contributed by atoms with E-state index in [0.29, 0.717) is 0 Å². The maximum absolute atomic E-state index is 2.41. The minimum Gasteiger partial charge on any atom is -0.0882 e. The van der Waals surface area contributed by atoms with Gasteiger partial charge in [-0.25, -0.2) is 0 Å². The highest BCUT2D eigenvalue weighted by Crippen LogP contribution is 2.14. The Labute approximate surface area is 63.6 Å². The SMILES string of the molecule is CC/C1=C\CC/C=C\CC1. The van der Waals surface area contributed by atoms with Crippen LogP contribution in [0.5, 0.6) is 0 Å². The monoisotopic (exact) mass is 136 g/mol. The highest BCUT2D eigenvalue weighted by atomic mass is 14.0. The molecule has 1 rings (SSSR count). The lowest BCUT2D eigenvalue weighted by atomic mass is 10.0. The molecule has 10 heavy (non-hydrogen) atoms. The first kappa shape index (κ1) is 7.59. The van der Waals surface area contributed by atoms with Gasteiger partial charge >= 0.3 is 0 Å². The molecule has 1 aliphatic rings. The van der Waals surface area contributed by atoms with Gasteiger partial charge in [0, 0.05) is 0 Å². The van der Waals surface area contributed by atoms with Gasteiger partial charge in [-0.05, 0) is 32.1 Å². The summed E-state index contributed by atoms with van der Waals surface area (Å²) in [6, 6.07) is 0. The number of allylic oxidation sites excluding steroid dienone is 4. The molecule has 0 atom stereocenters. The van der Waals surface area contributed by atoms with Crippen molar-refractivity contribution in [2.24, 2.45) is 0 Å². The van der Waals surface area contributed by atoms with E-state index in [4.69, 9.17) is 0 Å². The minimum absolute atomic E-state index is 1.24. The Kier molecular flexibility index (Phi) is 3.28. The Morgan fingerprint density at radius 3 is 2.80 bits per heavy atom. The van der Waals surface area contributed by atoms with Gasteiger partial charge in [0.1, 0.15) is 0 Å². The Bertz CT molecular complexity index is 140. The molecule has 0 fully saturated rings. The average molecular weight is 136 g/mol. The molecule has 0 unspecified atom stereocenters. The van der Waals surface area contributed by atoms with Gasteiger partial charge in [-0.2, -0.15) is 0 Å². The first-order valence-electron chi connectivity index (χ1n) is 4.26. The van der Waals surface area contributed by atoms with Gasteiger partial charge in [0.15, 0.2) is 0 Å². The molecule has 0 aromatic rings. The van der Waals surface area contributed by atoms with Crippen LogP contribution in [0.2, 0.25) is 0 Å². The summed E-state index contributed by atoms with van der Waals surface area (Å²) in [6.07, 6.45) is 13.3. The summed E-state index contributed by atoms with van der Waals surface area (Å²) in [4.78, 5) is 0. The van der Waals surface area contributed by atoms with Crippen LogP contribution in [0.1, 0.15) is 39.0 Å². The van der Waals surface area contributed by atoms with E-state index in [1.807, 2.05) is 0 Å². The van der Waals surface area contributed by atoms with Gasteiger partial charge < -0.3 is 0 Å². The van der Waals surface area contributed by atoms with Crippen LogP contribution in [-0.2, 0) is 0 Å². The van der Waals surface area contributed by atoms with Gasteiger partial charge in [0.2, 0.25) is 0 Å². The van der Waals surface area contributed by atoms with Gasteiger partial charge in [-0.1, -0.05) is 30.7 Å². The molecule has 0 N–H and O–H groups in total. The van der Waals surface area contributed by atoms with Crippen LogP contribution < -0.4 is 0 Å². The van der Waals surface area contributed by atoms with Crippen molar-refractivity contribution in [1.82, 2.24) is 0 Å². The summed E-state index contributed by atoms with van der Waals surface area (Å²) in [5.74, 6) is 0. The molecule has 0 spiro atoms. The van der Waals surface area contributed by atoms with Crippen molar-refractivity contribution in [3.8, 4) is 0 Å². The second-order valence-electron chi connectivity index (χ2n) is 2.80. The fourth-order valence-electron chi connectivity index (χ4n) is 1.31. The van der Waals surface area contributed by atoms with E-state index >= 15 is 0 Å². The highest BCUT2D eigenvalue weighted by Gasteiger charge is 1.94. The van der Waals surface area contributed by atoms with Crippen LogP contribution in [0.4, 0.5) is 0 Å². The van der Waals surface area contributed by atoms with Gasteiger partial charge in [-0.15, -0.1) is 0 Å².